The Morgan fingerprint density at radius 3 is 2.50 bits per heavy atom. The summed E-state index contributed by atoms with van der Waals surface area (Å²) in [6.07, 6.45) is 3.58. The Balaban J connectivity index is 2.58. The molecule has 0 heterocycles. The predicted octanol–water partition coefficient (Wildman–Crippen LogP) is 4.12. The Hall–Kier alpha value is -1.02. The fourth-order valence-corrected chi connectivity index (χ4v) is 2.58. The second-order valence-corrected chi connectivity index (χ2v) is 5.80. The Kier molecular flexibility index (Phi) is 7.68. The lowest BCUT2D eigenvalue weighted by Crippen LogP contribution is -2.40. The van der Waals surface area contributed by atoms with E-state index in [0.29, 0.717) is 5.88 Å². The van der Waals surface area contributed by atoms with Gasteiger partial charge in [-0.05, 0) is 38.2 Å². The second kappa shape index (κ2) is 9.02. The Labute approximate surface area is 128 Å². The Bertz CT molecular complexity index is 393. The molecule has 0 aliphatic carbocycles. The molecule has 0 aliphatic rings. The van der Waals surface area contributed by atoms with Gasteiger partial charge in [0.1, 0.15) is 0 Å². The highest BCUT2D eigenvalue weighted by atomic mass is 35.5. The van der Waals surface area contributed by atoms with Crippen molar-refractivity contribution in [3.63, 3.8) is 0 Å². The maximum Gasteiger partial charge on any atom is 0.225 e. The van der Waals surface area contributed by atoms with Crippen molar-refractivity contribution in [3.8, 4) is 0 Å². The lowest BCUT2D eigenvalue weighted by Gasteiger charge is -2.29. The van der Waals surface area contributed by atoms with Gasteiger partial charge < -0.3 is 4.90 Å². The number of nitrogens with zero attached hydrogens (tertiary/aromatic N) is 1. The molecule has 0 bridgehead atoms. The average molecular weight is 296 g/mol. The average Bonchev–Trinajstić information content (AvgIpc) is 2.48. The van der Waals surface area contributed by atoms with E-state index < -0.39 is 0 Å². The molecule has 112 valence electrons. The normalized spacial score (nSPS) is 13.8. The van der Waals surface area contributed by atoms with Gasteiger partial charge in [0.15, 0.2) is 0 Å². The number of alkyl halides is 1. The lowest BCUT2D eigenvalue weighted by molar-refractivity contribution is -0.136. The van der Waals surface area contributed by atoms with Crippen molar-refractivity contribution in [1.82, 2.24) is 4.90 Å². The van der Waals surface area contributed by atoms with Crippen molar-refractivity contribution in [1.29, 1.82) is 0 Å². The van der Waals surface area contributed by atoms with Gasteiger partial charge in [0.05, 0.1) is 0 Å². The smallest absolute Gasteiger partial charge is 0.225 e. The quantitative estimate of drug-likeness (QED) is 0.661. The number of likely N-dealkylation sites (N-methyl/N-ethyl adjacent to an activating group) is 1. The number of carbonyl (C=O) groups excluding carboxylic acids is 1. The van der Waals surface area contributed by atoms with E-state index in [2.05, 4.69) is 26.0 Å². The molecule has 0 saturated carbocycles. The van der Waals surface area contributed by atoms with Crippen molar-refractivity contribution < 1.29 is 4.79 Å². The number of benzene rings is 1. The van der Waals surface area contributed by atoms with Gasteiger partial charge in [0.2, 0.25) is 5.91 Å². The van der Waals surface area contributed by atoms with Crippen molar-refractivity contribution in [2.75, 3.05) is 12.9 Å². The summed E-state index contributed by atoms with van der Waals surface area (Å²) >= 11 is 5.73. The molecule has 0 spiro atoms. The summed E-state index contributed by atoms with van der Waals surface area (Å²) < 4.78 is 0. The third kappa shape index (κ3) is 5.16. The van der Waals surface area contributed by atoms with E-state index in [-0.39, 0.29) is 17.9 Å². The fourth-order valence-electron chi connectivity index (χ4n) is 2.42. The zero-order chi connectivity index (χ0) is 15.0. The van der Waals surface area contributed by atoms with Gasteiger partial charge in [-0.1, -0.05) is 37.3 Å². The zero-order valence-corrected chi connectivity index (χ0v) is 13.6. The maximum absolute atomic E-state index is 12.5. The number of amides is 1. The lowest BCUT2D eigenvalue weighted by atomic mass is 9.97. The molecule has 0 N–H and O–H groups in total. The second-order valence-electron chi connectivity index (χ2n) is 5.42. The summed E-state index contributed by atoms with van der Waals surface area (Å²) in [6, 6.07) is 10.5. The minimum atomic E-state index is 0.108. The fraction of sp³-hybridized carbons (Fsp3) is 0.588. The van der Waals surface area contributed by atoms with Gasteiger partial charge >= 0.3 is 0 Å². The summed E-state index contributed by atoms with van der Waals surface area (Å²) in [5.41, 5.74) is 1.27. The third-order valence-electron chi connectivity index (χ3n) is 3.91. The van der Waals surface area contributed by atoms with Crippen LogP contribution in [0.15, 0.2) is 30.3 Å². The molecular weight excluding hydrogens is 270 g/mol. The highest BCUT2D eigenvalue weighted by molar-refractivity contribution is 6.17. The summed E-state index contributed by atoms with van der Waals surface area (Å²) in [4.78, 5) is 14.4. The zero-order valence-electron chi connectivity index (χ0n) is 12.8. The standard InChI is InChI=1S/C17H26ClNO/c1-4-16(11-8-12-18)17(20)19(3)14(2)13-15-9-6-5-7-10-15/h5-7,9-10,14,16H,4,8,11-13H2,1-3H3. The van der Waals surface area contributed by atoms with E-state index in [4.69, 9.17) is 11.6 Å². The SMILES string of the molecule is CCC(CCCCl)C(=O)N(C)C(C)Cc1ccccc1. The molecule has 0 aliphatic heterocycles. The van der Waals surface area contributed by atoms with Gasteiger partial charge in [-0.15, -0.1) is 11.6 Å². The molecule has 1 aromatic rings. The van der Waals surface area contributed by atoms with E-state index in [1.165, 1.54) is 5.56 Å². The van der Waals surface area contributed by atoms with Crippen LogP contribution >= 0.6 is 11.6 Å². The number of hydrogen-bond acceptors (Lipinski definition) is 1. The van der Waals surface area contributed by atoms with Crippen molar-refractivity contribution in [3.05, 3.63) is 35.9 Å². The van der Waals surface area contributed by atoms with Crippen LogP contribution in [0.3, 0.4) is 0 Å². The van der Waals surface area contributed by atoms with Crippen LogP contribution in [0.5, 0.6) is 0 Å². The number of hydrogen-bond donors (Lipinski definition) is 0. The van der Waals surface area contributed by atoms with Crippen LogP contribution in [-0.4, -0.2) is 29.8 Å². The molecule has 0 saturated heterocycles. The minimum absolute atomic E-state index is 0.108. The van der Waals surface area contributed by atoms with Crippen LogP contribution in [-0.2, 0) is 11.2 Å². The molecule has 2 unspecified atom stereocenters. The van der Waals surface area contributed by atoms with E-state index in [1.54, 1.807) is 0 Å². The van der Waals surface area contributed by atoms with Crippen LogP contribution in [0.25, 0.3) is 0 Å². The largest absolute Gasteiger partial charge is 0.342 e. The van der Waals surface area contributed by atoms with Gasteiger partial charge in [0.25, 0.3) is 0 Å². The Morgan fingerprint density at radius 2 is 1.95 bits per heavy atom. The number of halogens is 1. The first-order chi connectivity index (χ1) is 9.60. The van der Waals surface area contributed by atoms with Gasteiger partial charge in [-0.2, -0.15) is 0 Å². The molecule has 0 radical (unpaired) electrons. The molecule has 2 nitrogen and oxygen atoms in total. The molecule has 3 heteroatoms. The highest BCUT2D eigenvalue weighted by Gasteiger charge is 2.23. The van der Waals surface area contributed by atoms with Gasteiger partial charge in [-0.25, -0.2) is 0 Å². The van der Waals surface area contributed by atoms with Crippen LogP contribution in [0.1, 0.15) is 38.7 Å². The first kappa shape index (κ1) is 17.0. The van der Waals surface area contributed by atoms with Crippen LogP contribution in [0.4, 0.5) is 0 Å². The first-order valence-electron chi connectivity index (χ1n) is 7.46. The highest BCUT2D eigenvalue weighted by Crippen LogP contribution is 2.17. The summed E-state index contributed by atoms with van der Waals surface area (Å²) in [7, 11) is 1.92. The van der Waals surface area contributed by atoms with Crippen LogP contribution in [0.2, 0.25) is 0 Å². The van der Waals surface area contributed by atoms with Gasteiger partial charge in [-0.3, -0.25) is 4.79 Å². The summed E-state index contributed by atoms with van der Waals surface area (Å²) in [6.45, 7) is 4.19. The Morgan fingerprint density at radius 1 is 1.30 bits per heavy atom. The summed E-state index contributed by atoms with van der Waals surface area (Å²) in [5.74, 6) is 0.991. The van der Waals surface area contributed by atoms with Crippen molar-refractivity contribution in [2.24, 2.45) is 5.92 Å². The molecule has 20 heavy (non-hydrogen) atoms. The number of rotatable bonds is 8. The monoisotopic (exact) mass is 295 g/mol. The minimum Gasteiger partial charge on any atom is -0.342 e. The van der Waals surface area contributed by atoms with Crippen LogP contribution in [0, 0.1) is 5.92 Å². The predicted molar refractivity (Wildman–Crippen MR) is 86.1 cm³/mol. The van der Waals surface area contributed by atoms with Crippen molar-refractivity contribution >= 4 is 17.5 Å². The van der Waals surface area contributed by atoms with E-state index in [9.17, 15) is 4.79 Å². The van der Waals surface area contributed by atoms with E-state index >= 15 is 0 Å². The molecule has 0 fully saturated rings. The van der Waals surface area contributed by atoms with E-state index in [0.717, 1.165) is 25.7 Å². The van der Waals surface area contributed by atoms with Gasteiger partial charge in [0, 0.05) is 24.9 Å². The third-order valence-corrected chi connectivity index (χ3v) is 4.18. The molecule has 1 amide bonds. The molecule has 1 aromatic carbocycles. The molecular formula is C17H26ClNO. The van der Waals surface area contributed by atoms with E-state index in [1.807, 2.05) is 30.1 Å². The van der Waals surface area contributed by atoms with Crippen molar-refractivity contribution in [2.45, 2.75) is 45.6 Å². The topological polar surface area (TPSA) is 20.3 Å². The molecule has 2 atom stereocenters. The maximum atomic E-state index is 12.5. The first-order valence-corrected chi connectivity index (χ1v) is 8.00. The molecule has 1 rings (SSSR count). The number of carbonyl (C=O) groups is 1. The summed E-state index contributed by atoms with van der Waals surface area (Å²) in [5, 5.41) is 0. The van der Waals surface area contributed by atoms with Crippen LogP contribution < -0.4 is 0 Å². The molecule has 0 aromatic heterocycles.